The van der Waals surface area contributed by atoms with Gasteiger partial charge in [-0.25, -0.2) is 0 Å². The zero-order valence-electron chi connectivity index (χ0n) is 40.9. The smallest absolute Gasteiger partial charge is 0.0541 e. The van der Waals surface area contributed by atoms with Crippen LogP contribution in [0.25, 0.3) is 124 Å². The minimum absolute atomic E-state index is 1.07. The van der Waals surface area contributed by atoms with Crippen molar-refractivity contribution in [3.8, 4) is 50.2 Å². The Kier molecular flexibility index (Phi) is 10.1. The van der Waals surface area contributed by atoms with Crippen LogP contribution in [0.5, 0.6) is 0 Å². The summed E-state index contributed by atoms with van der Waals surface area (Å²) in [5.41, 5.74) is 16.3. The minimum atomic E-state index is 1.07. The highest BCUT2D eigenvalue weighted by atomic mass is 32.1. The summed E-state index contributed by atoms with van der Waals surface area (Å²) in [6, 6.07) is 103. The second kappa shape index (κ2) is 17.6. The van der Waals surface area contributed by atoms with Gasteiger partial charge in [-0.15, -0.1) is 11.3 Å². The number of anilines is 3. The van der Waals surface area contributed by atoms with Gasteiger partial charge in [-0.3, -0.25) is 0 Å². The Bertz CT molecular complexity index is 4640. The average molecular weight is 971 g/mol. The van der Waals surface area contributed by atoms with E-state index in [4.69, 9.17) is 0 Å². The number of fused-ring (bicyclic) bond motifs is 11. The predicted molar refractivity (Wildman–Crippen MR) is 323 cm³/mol. The van der Waals surface area contributed by atoms with Gasteiger partial charge in [0.15, 0.2) is 0 Å². The summed E-state index contributed by atoms with van der Waals surface area (Å²) in [5.74, 6) is 0. The molecule has 0 saturated heterocycles. The Morgan fingerprint density at radius 2 is 0.813 bits per heavy atom. The standard InChI is InChI=1S/C72H46N2S/c1-2-16-48(17-3-1)67-46-53(66-45-52-19-5-6-22-57(52)60-24-8-9-25-61(60)66)37-43-70(67)73(55-40-34-50(35-41-55)59-28-15-29-64-65-42-36-49-18-4-7-23-58(49)72(65)75-71(59)64)54-38-32-47(33-39-54)51-20-14-21-56(44-51)74-68-30-12-10-26-62(68)63-27-11-13-31-69(63)74/h1-46H. The Hall–Kier alpha value is -9.54. The molecule has 0 spiro atoms. The molecule has 15 aromatic rings. The van der Waals surface area contributed by atoms with Crippen molar-refractivity contribution < 1.29 is 0 Å². The molecule has 0 unspecified atom stereocenters. The molecule has 0 bridgehead atoms. The topological polar surface area (TPSA) is 8.17 Å². The summed E-state index contributed by atoms with van der Waals surface area (Å²) in [6.45, 7) is 0. The van der Waals surface area contributed by atoms with Gasteiger partial charge in [0.2, 0.25) is 0 Å². The van der Waals surface area contributed by atoms with Gasteiger partial charge in [0, 0.05) is 53.6 Å². The van der Waals surface area contributed by atoms with Crippen molar-refractivity contribution in [2.45, 2.75) is 0 Å². The molecule has 0 aliphatic heterocycles. The van der Waals surface area contributed by atoms with Crippen LogP contribution in [-0.4, -0.2) is 4.57 Å². The number of thiophene rings is 1. The van der Waals surface area contributed by atoms with Crippen molar-refractivity contribution in [1.29, 1.82) is 0 Å². The summed E-state index contributed by atoms with van der Waals surface area (Å²) in [7, 11) is 0. The molecular formula is C72H46N2S. The summed E-state index contributed by atoms with van der Waals surface area (Å²) >= 11 is 1.91. The molecule has 0 aliphatic carbocycles. The quantitative estimate of drug-likeness (QED) is 0.138. The SMILES string of the molecule is c1ccc(-c2cc(-c3cc4ccccc4c4ccccc34)ccc2N(c2ccc(-c3cccc(-n4c5ccccc5c5ccccc54)c3)cc2)c2ccc(-c3cccc4c3sc3c5ccccc5ccc43)cc2)cc1. The molecule has 2 nitrogen and oxygen atoms in total. The first-order chi connectivity index (χ1) is 37.2. The normalized spacial score (nSPS) is 11.7. The predicted octanol–water partition coefficient (Wildman–Crippen LogP) is 20.7. The van der Waals surface area contributed by atoms with E-state index in [1.807, 2.05) is 11.3 Å². The third kappa shape index (κ3) is 7.16. The van der Waals surface area contributed by atoms with Crippen molar-refractivity contribution in [2.24, 2.45) is 0 Å². The van der Waals surface area contributed by atoms with Gasteiger partial charge in [0.1, 0.15) is 0 Å². The molecule has 0 atom stereocenters. The molecule has 0 N–H and O–H groups in total. The van der Waals surface area contributed by atoms with Crippen LogP contribution in [0.15, 0.2) is 279 Å². The Morgan fingerprint density at radius 1 is 0.267 bits per heavy atom. The van der Waals surface area contributed by atoms with E-state index in [2.05, 4.69) is 289 Å². The molecule has 15 rings (SSSR count). The van der Waals surface area contributed by atoms with Crippen LogP contribution in [0.2, 0.25) is 0 Å². The first-order valence-electron chi connectivity index (χ1n) is 25.7. The first-order valence-corrected chi connectivity index (χ1v) is 26.5. The van der Waals surface area contributed by atoms with Crippen LogP contribution >= 0.6 is 11.3 Å². The lowest BCUT2D eigenvalue weighted by Gasteiger charge is -2.29. The van der Waals surface area contributed by atoms with Crippen LogP contribution in [0.4, 0.5) is 17.1 Å². The van der Waals surface area contributed by atoms with Gasteiger partial charge in [-0.2, -0.15) is 0 Å². The molecule has 0 saturated carbocycles. The van der Waals surface area contributed by atoms with Gasteiger partial charge >= 0.3 is 0 Å². The number of hydrogen-bond acceptors (Lipinski definition) is 2. The van der Waals surface area contributed by atoms with Crippen LogP contribution in [0.1, 0.15) is 0 Å². The lowest BCUT2D eigenvalue weighted by atomic mass is 9.91. The fourth-order valence-electron chi connectivity index (χ4n) is 11.8. The zero-order chi connectivity index (χ0) is 49.4. The van der Waals surface area contributed by atoms with Crippen LogP contribution < -0.4 is 4.90 Å². The Balaban J connectivity index is 0.885. The molecule has 350 valence electrons. The maximum atomic E-state index is 2.44. The molecule has 2 heterocycles. The van der Waals surface area contributed by atoms with Crippen molar-refractivity contribution >= 4 is 103 Å². The molecule has 0 radical (unpaired) electrons. The molecule has 3 heteroatoms. The fraction of sp³-hybridized carbons (Fsp3) is 0. The molecular weight excluding hydrogens is 925 g/mol. The largest absolute Gasteiger partial charge is 0.310 e. The number of nitrogens with zero attached hydrogens (tertiary/aromatic N) is 2. The van der Waals surface area contributed by atoms with Crippen LogP contribution in [0.3, 0.4) is 0 Å². The maximum absolute atomic E-state index is 2.44. The highest BCUT2D eigenvalue weighted by Crippen LogP contribution is 2.47. The molecule has 75 heavy (non-hydrogen) atoms. The highest BCUT2D eigenvalue weighted by Gasteiger charge is 2.21. The number of rotatable bonds is 8. The maximum Gasteiger partial charge on any atom is 0.0541 e. The van der Waals surface area contributed by atoms with Gasteiger partial charge < -0.3 is 9.47 Å². The number of para-hydroxylation sites is 2. The lowest BCUT2D eigenvalue weighted by Crippen LogP contribution is -2.11. The third-order valence-corrected chi connectivity index (χ3v) is 16.7. The van der Waals surface area contributed by atoms with E-state index in [1.54, 1.807) is 0 Å². The van der Waals surface area contributed by atoms with E-state index in [0.29, 0.717) is 0 Å². The summed E-state index contributed by atoms with van der Waals surface area (Å²) in [5, 5.41) is 12.7. The van der Waals surface area contributed by atoms with E-state index in [0.717, 1.165) is 45.0 Å². The van der Waals surface area contributed by atoms with E-state index < -0.39 is 0 Å². The Morgan fingerprint density at radius 3 is 1.56 bits per heavy atom. The number of aromatic nitrogens is 1. The summed E-state index contributed by atoms with van der Waals surface area (Å²) in [6.07, 6.45) is 0. The summed E-state index contributed by atoms with van der Waals surface area (Å²) < 4.78 is 5.05. The van der Waals surface area contributed by atoms with Crippen molar-refractivity contribution in [3.05, 3.63) is 279 Å². The highest BCUT2D eigenvalue weighted by molar-refractivity contribution is 7.27. The van der Waals surface area contributed by atoms with Crippen LogP contribution in [0, 0.1) is 0 Å². The van der Waals surface area contributed by atoms with Gasteiger partial charge in [0.25, 0.3) is 0 Å². The fourth-order valence-corrected chi connectivity index (χ4v) is 13.2. The van der Waals surface area contributed by atoms with Crippen molar-refractivity contribution in [1.82, 2.24) is 4.57 Å². The number of benzene rings is 13. The lowest BCUT2D eigenvalue weighted by molar-refractivity contribution is 1.18. The number of hydrogen-bond donors (Lipinski definition) is 0. The van der Waals surface area contributed by atoms with Gasteiger partial charge in [-0.1, -0.05) is 212 Å². The molecule has 0 amide bonds. The van der Waals surface area contributed by atoms with Gasteiger partial charge in [-0.05, 0) is 138 Å². The summed E-state index contributed by atoms with van der Waals surface area (Å²) in [4.78, 5) is 2.44. The van der Waals surface area contributed by atoms with E-state index in [1.165, 1.54) is 96.5 Å². The molecule has 0 aliphatic rings. The van der Waals surface area contributed by atoms with Crippen molar-refractivity contribution in [3.63, 3.8) is 0 Å². The third-order valence-electron chi connectivity index (χ3n) is 15.4. The molecule has 2 aromatic heterocycles. The molecule has 0 fully saturated rings. The van der Waals surface area contributed by atoms with Crippen molar-refractivity contribution in [2.75, 3.05) is 4.90 Å². The second-order valence-electron chi connectivity index (χ2n) is 19.6. The van der Waals surface area contributed by atoms with E-state index in [9.17, 15) is 0 Å². The molecule has 13 aromatic carbocycles. The van der Waals surface area contributed by atoms with Gasteiger partial charge in [0.05, 0.1) is 16.7 Å². The minimum Gasteiger partial charge on any atom is -0.310 e. The van der Waals surface area contributed by atoms with Crippen LogP contribution in [-0.2, 0) is 0 Å². The second-order valence-corrected chi connectivity index (χ2v) is 20.6. The van der Waals surface area contributed by atoms with E-state index in [-0.39, 0.29) is 0 Å². The van der Waals surface area contributed by atoms with E-state index >= 15 is 0 Å². The monoisotopic (exact) mass is 970 g/mol. The average Bonchev–Trinajstić information content (AvgIpc) is 4.05. The zero-order valence-corrected chi connectivity index (χ0v) is 41.7. The first kappa shape index (κ1) is 43.1. The Labute approximate surface area is 438 Å².